The SMILES string of the molecule is COc1ccc(-n2ncc(C(=O)Nc3ccc([C@H]4CNCCO4)cc3)n2)cc1.Cl. The number of amides is 1. The minimum atomic E-state index is -0.317. The Labute approximate surface area is 174 Å². The molecular weight excluding hydrogens is 394 g/mol. The summed E-state index contributed by atoms with van der Waals surface area (Å²) in [5, 5.41) is 14.6. The summed E-state index contributed by atoms with van der Waals surface area (Å²) in [6, 6.07) is 14.9. The molecule has 1 saturated heterocycles. The zero-order chi connectivity index (χ0) is 19.3. The van der Waals surface area contributed by atoms with Crippen LogP contribution >= 0.6 is 12.4 Å². The first-order chi connectivity index (χ1) is 13.7. The van der Waals surface area contributed by atoms with E-state index in [4.69, 9.17) is 9.47 Å². The zero-order valence-electron chi connectivity index (χ0n) is 15.9. The first-order valence-electron chi connectivity index (χ1n) is 9.03. The molecule has 2 heterocycles. The Morgan fingerprint density at radius 2 is 1.97 bits per heavy atom. The fraction of sp³-hybridized carbons (Fsp3) is 0.250. The molecule has 9 heteroatoms. The van der Waals surface area contributed by atoms with Crippen LogP contribution in [0, 0.1) is 0 Å². The van der Waals surface area contributed by atoms with Crippen LogP contribution in [0.2, 0.25) is 0 Å². The molecule has 1 atom stereocenters. The monoisotopic (exact) mass is 415 g/mol. The van der Waals surface area contributed by atoms with Gasteiger partial charge in [0.05, 0.1) is 31.7 Å². The molecule has 8 nitrogen and oxygen atoms in total. The highest BCUT2D eigenvalue weighted by molar-refractivity contribution is 6.02. The number of methoxy groups -OCH3 is 1. The van der Waals surface area contributed by atoms with Crippen molar-refractivity contribution in [2.45, 2.75) is 6.10 Å². The Kier molecular flexibility index (Phi) is 6.82. The third kappa shape index (κ3) is 4.92. The van der Waals surface area contributed by atoms with Crippen molar-refractivity contribution >= 4 is 24.0 Å². The minimum Gasteiger partial charge on any atom is -0.497 e. The van der Waals surface area contributed by atoms with Crippen LogP contribution in [0.1, 0.15) is 22.2 Å². The van der Waals surface area contributed by atoms with Gasteiger partial charge in [0, 0.05) is 18.8 Å². The number of halogens is 1. The maximum absolute atomic E-state index is 12.5. The summed E-state index contributed by atoms with van der Waals surface area (Å²) in [4.78, 5) is 13.9. The number of morpholine rings is 1. The fourth-order valence-electron chi connectivity index (χ4n) is 2.96. The lowest BCUT2D eigenvalue weighted by atomic mass is 10.1. The van der Waals surface area contributed by atoms with Crippen LogP contribution in [0.15, 0.2) is 54.7 Å². The predicted molar refractivity (Wildman–Crippen MR) is 111 cm³/mol. The number of rotatable bonds is 5. The van der Waals surface area contributed by atoms with E-state index in [2.05, 4.69) is 20.8 Å². The summed E-state index contributed by atoms with van der Waals surface area (Å²) >= 11 is 0. The second-order valence-electron chi connectivity index (χ2n) is 6.36. The van der Waals surface area contributed by atoms with Gasteiger partial charge in [-0.2, -0.15) is 9.90 Å². The molecule has 2 aromatic carbocycles. The second-order valence-corrected chi connectivity index (χ2v) is 6.36. The summed E-state index contributed by atoms with van der Waals surface area (Å²) in [6.45, 7) is 2.37. The number of carbonyl (C=O) groups excluding carboxylic acids is 1. The number of hydrogen-bond donors (Lipinski definition) is 2. The normalized spacial score (nSPS) is 16.0. The molecule has 0 unspecified atom stereocenters. The summed E-state index contributed by atoms with van der Waals surface area (Å²) in [7, 11) is 1.61. The predicted octanol–water partition coefficient (Wildman–Crippen LogP) is 2.61. The lowest BCUT2D eigenvalue weighted by Gasteiger charge is -2.24. The minimum absolute atomic E-state index is 0. The highest BCUT2D eigenvalue weighted by Crippen LogP contribution is 2.21. The van der Waals surface area contributed by atoms with E-state index in [1.807, 2.05) is 48.5 Å². The van der Waals surface area contributed by atoms with Crippen LogP contribution in [0.25, 0.3) is 5.69 Å². The topological polar surface area (TPSA) is 90.3 Å². The van der Waals surface area contributed by atoms with Gasteiger partial charge >= 0.3 is 0 Å². The Morgan fingerprint density at radius 1 is 1.21 bits per heavy atom. The van der Waals surface area contributed by atoms with Crippen LogP contribution < -0.4 is 15.4 Å². The zero-order valence-corrected chi connectivity index (χ0v) is 16.7. The molecule has 0 aliphatic carbocycles. The van der Waals surface area contributed by atoms with Gasteiger partial charge in [0.15, 0.2) is 5.69 Å². The molecule has 0 radical (unpaired) electrons. The molecule has 1 aliphatic heterocycles. The highest BCUT2D eigenvalue weighted by atomic mass is 35.5. The van der Waals surface area contributed by atoms with E-state index in [0.29, 0.717) is 12.3 Å². The second kappa shape index (κ2) is 9.51. The van der Waals surface area contributed by atoms with E-state index >= 15 is 0 Å². The van der Waals surface area contributed by atoms with Crippen molar-refractivity contribution in [3.63, 3.8) is 0 Å². The van der Waals surface area contributed by atoms with Gasteiger partial charge in [-0.1, -0.05) is 12.1 Å². The smallest absolute Gasteiger partial charge is 0.277 e. The molecule has 1 amide bonds. The van der Waals surface area contributed by atoms with Crippen molar-refractivity contribution in [3.8, 4) is 11.4 Å². The molecule has 0 spiro atoms. The number of hydrogen-bond acceptors (Lipinski definition) is 6. The Morgan fingerprint density at radius 3 is 2.62 bits per heavy atom. The van der Waals surface area contributed by atoms with Gasteiger partial charge in [-0.15, -0.1) is 17.5 Å². The van der Waals surface area contributed by atoms with Crippen molar-refractivity contribution in [2.24, 2.45) is 0 Å². The van der Waals surface area contributed by atoms with Crippen LogP contribution in [-0.4, -0.2) is 47.7 Å². The van der Waals surface area contributed by atoms with Gasteiger partial charge in [0.1, 0.15) is 5.75 Å². The van der Waals surface area contributed by atoms with Gasteiger partial charge in [0.2, 0.25) is 0 Å². The first kappa shape index (κ1) is 20.8. The van der Waals surface area contributed by atoms with Crippen LogP contribution in [0.4, 0.5) is 5.69 Å². The third-order valence-corrected chi connectivity index (χ3v) is 4.50. The van der Waals surface area contributed by atoms with Gasteiger partial charge in [-0.25, -0.2) is 0 Å². The third-order valence-electron chi connectivity index (χ3n) is 4.50. The van der Waals surface area contributed by atoms with Crippen LogP contribution in [0.3, 0.4) is 0 Å². The van der Waals surface area contributed by atoms with Gasteiger partial charge < -0.3 is 20.1 Å². The number of benzene rings is 2. The Hall–Kier alpha value is -2.94. The summed E-state index contributed by atoms with van der Waals surface area (Å²) < 4.78 is 10.9. The number of anilines is 1. The van der Waals surface area contributed by atoms with E-state index in [1.54, 1.807) is 7.11 Å². The number of aromatic nitrogens is 3. The summed E-state index contributed by atoms with van der Waals surface area (Å²) in [5.74, 6) is 0.426. The van der Waals surface area contributed by atoms with Gasteiger partial charge in [-0.3, -0.25) is 4.79 Å². The van der Waals surface area contributed by atoms with E-state index in [0.717, 1.165) is 30.1 Å². The van der Waals surface area contributed by atoms with E-state index < -0.39 is 0 Å². The molecule has 4 rings (SSSR count). The van der Waals surface area contributed by atoms with Gasteiger partial charge in [0.25, 0.3) is 5.91 Å². The maximum Gasteiger partial charge on any atom is 0.277 e. The standard InChI is InChI=1S/C20H21N5O3.ClH/c1-27-17-8-6-16(7-9-17)25-22-12-18(24-25)20(26)23-15-4-2-14(3-5-15)19-13-21-10-11-28-19;/h2-9,12,19,21H,10-11,13H2,1H3,(H,23,26);1H/t19-;/m1./s1. The quantitative estimate of drug-likeness (QED) is 0.665. The summed E-state index contributed by atoms with van der Waals surface area (Å²) in [5.41, 5.74) is 2.75. The van der Waals surface area contributed by atoms with E-state index in [9.17, 15) is 4.79 Å². The Bertz CT molecular complexity index is 938. The number of carbonyl (C=O) groups is 1. The van der Waals surface area contributed by atoms with Crippen molar-refractivity contribution in [3.05, 3.63) is 66.0 Å². The van der Waals surface area contributed by atoms with Gasteiger partial charge in [-0.05, 0) is 42.0 Å². The largest absolute Gasteiger partial charge is 0.497 e. The molecule has 2 N–H and O–H groups in total. The molecule has 1 aromatic heterocycles. The molecule has 3 aromatic rings. The van der Waals surface area contributed by atoms with Crippen molar-refractivity contribution in [2.75, 3.05) is 32.1 Å². The van der Waals surface area contributed by atoms with Crippen LogP contribution in [0.5, 0.6) is 5.75 Å². The molecule has 0 saturated carbocycles. The highest BCUT2D eigenvalue weighted by Gasteiger charge is 2.16. The number of nitrogens with zero attached hydrogens (tertiary/aromatic N) is 3. The summed E-state index contributed by atoms with van der Waals surface area (Å²) in [6.07, 6.45) is 1.48. The average molecular weight is 416 g/mol. The first-order valence-corrected chi connectivity index (χ1v) is 9.03. The van der Waals surface area contributed by atoms with Crippen molar-refractivity contribution in [1.29, 1.82) is 0 Å². The van der Waals surface area contributed by atoms with Crippen molar-refractivity contribution < 1.29 is 14.3 Å². The van der Waals surface area contributed by atoms with E-state index in [-0.39, 0.29) is 30.1 Å². The molecule has 152 valence electrons. The average Bonchev–Trinajstić information content (AvgIpc) is 3.25. The number of ether oxygens (including phenoxy) is 2. The molecular formula is C20H22ClN5O3. The molecule has 1 aliphatic rings. The molecule has 29 heavy (non-hydrogen) atoms. The lowest BCUT2D eigenvalue weighted by molar-refractivity contribution is 0.0277. The van der Waals surface area contributed by atoms with E-state index in [1.165, 1.54) is 11.0 Å². The lowest BCUT2D eigenvalue weighted by Crippen LogP contribution is -2.33. The maximum atomic E-state index is 12.5. The van der Waals surface area contributed by atoms with Crippen molar-refractivity contribution in [1.82, 2.24) is 20.3 Å². The molecule has 1 fully saturated rings. The number of nitrogens with one attached hydrogen (secondary N) is 2. The Balaban J connectivity index is 0.00000240. The fourth-order valence-corrected chi connectivity index (χ4v) is 2.96. The molecule has 0 bridgehead atoms. The van der Waals surface area contributed by atoms with Crippen LogP contribution in [-0.2, 0) is 4.74 Å².